The molecular formula is C23H26N2O4. The Balaban J connectivity index is 1.44. The predicted molar refractivity (Wildman–Crippen MR) is 111 cm³/mol. The molecule has 0 unspecified atom stereocenters. The van der Waals surface area contributed by atoms with Gasteiger partial charge in [-0.1, -0.05) is 18.2 Å². The summed E-state index contributed by atoms with van der Waals surface area (Å²) in [5.74, 6) is 1.59. The van der Waals surface area contributed by atoms with Crippen molar-refractivity contribution in [3.63, 3.8) is 0 Å². The third-order valence-corrected chi connectivity index (χ3v) is 5.44. The molecule has 0 radical (unpaired) electrons. The monoisotopic (exact) mass is 394 g/mol. The minimum Gasteiger partial charge on any atom is -0.490 e. The highest BCUT2D eigenvalue weighted by Crippen LogP contribution is 2.37. The van der Waals surface area contributed by atoms with E-state index in [1.807, 2.05) is 35.2 Å². The Kier molecular flexibility index (Phi) is 5.69. The minimum atomic E-state index is 0.00833. The molecule has 2 heterocycles. The van der Waals surface area contributed by atoms with E-state index in [1.165, 1.54) is 6.92 Å². The number of fused-ring (bicyclic) bond motifs is 1. The first-order valence-corrected chi connectivity index (χ1v) is 10.2. The number of carbonyl (C=O) groups excluding carboxylic acids is 2. The smallest absolute Gasteiger partial charge is 0.242 e. The largest absolute Gasteiger partial charge is 0.490 e. The average Bonchev–Trinajstić information content (AvgIpc) is 3.11. The number of nitrogens with zero attached hydrogens (tertiary/aromatic N) is 1. The second-order valence-electron chi connectivity index (χ2n) is 7.49. The molecule has 2 aliphatic rings. The molecule has 0 spiro atoms. The molecule has 152 valence electrons. The van der Waals surface area contributed by atoms with Crippen LogP contribution in [-0.2, 0) is 4.79 Å². The maximum absolute atomic E-state index is 12.9. The molecule has 0 bridgehead atoms. The number of rotatable bonds is 5. The van der Waals surface area contributed by atoms with Gasteiger partial charge in [0.25, 0.3) is 0 Å². The van der Waals surface area contributed by atoms with Gasteiger partial charge in [0.2, 0.25) is 5.91 Å². The van der Waals surface area contributed by atoms with Gasteiger partial charge in [-0.3, -0.25) is 9.59 Å². The van der Waals surface area contributed by atoms with E-state index in [0.29, 0.717) is 18.8 Å². The van der Waals surface area contributed by atoms with Crippen LogP contribution in [0.3, 0.4) is 0 Å². The van der Waals surface area contributed by atoms with Gasteiger partial charge in [0, 0.05) is 24.2 Å². The number of carbonyl (C=O) groups is 2. The maximum Gasteiger partial charge on any atom is 0.242 e. The number of nitrogens with one attached hydrogen (secondary N) is 1. The summed E-state index contributed by atoms with van der Waals surface area (Å²) in [4.78, 5) is 26.4. The number of amides is 1. The van der Waals surface area contributed by atoms with E-state index in [0.717, 1.165) is 48.6 Å². The van der Waals surface area contributed by atoms with Crippen molar-refractivity contribution in [1.29, 1.82) is 0 Å². The first kappa shape index (κ1) is 19.3. The number of hydrogen-bond donors (Lipinski definition) is 1. The molecule has 0 aromatic heterocycles. The molecule has 1 fully saturated rings. The Morgan fingerprint density at radius 3 is 2.72 bits per heavy atom. The molecule has 29 heavy (non-hydrogen) atoms. The second kappa shape index (κ2) is 8.55. The van der Waals surface area contributed by atoms with Crippen molar-refractivity contribution in [2.24, 2.45) is 0 Å². The van der Waals surface area contributed by atoms with Gasteiger partial charge in [-0.15, -0.1) is 0 Å². The lowest BCUT2D eigenvalue weighted by molar-refractivity contribution is -0.130. The van der Waals surface area contributed by atoms with Gasteiger partial charge in [0.05, 0.1) is 25.8 Å². The van der Waals surface area contributed by atoms with Crippen LogP contribution in [0.4, 0.5) is 5.69 Å². The van der Waals surface area contributed by atoms with E-state index in [9.17, 15) is 9.59 Å². The Labute approximate surface area is 170 Å². The zero-order chi connectivity index (χ0) is 20.2. The average molecular weight is 394 g/mol. The fourth-order valence-corrected chi connectivity index (χ4v) is 3.93. The molecule has 6 heteroatoms. The van der Waals surface area contributed by atoms with Crippen molar-refractivity contribution >= 4 is 17.4 Å². The Morgan fingerprint density at radius 2 is 1.90 bits per heavy atom. The third kappa shape index (κ3) is 4.36. The van der Waals surface area contributed by atoms with E-state index in [-0.39, 0.29) is 24.3 Å². The van der Waals surface area contributed by atoms with Crippen LogP contribution in [0.5, 0.6) is 11.5 Å². The van der Waals surface area contributed by atoms with E-state index < -0.39 is 0 Å². The minimum absolute atomic E-state index is 0.00833. The van der Waals surface area contributed by atoms with E-state index in [1.54, 1.807) is 12.1 Å². The Hall–Kier alpha value is -3.02. The van der Waals surface area contributed by atoms with Gasteiger partial charge < -0.3 is 19.7 Å². The summed E-state index contributed by atoms with van der Waals surface area (Å²) in [6.07, 6.45) is 2.78. The van der Waals surface area contributed by atoms with Gasteiger partial charge >= 0.3 is 0 Å². The molecule has 1 amide bonds. The van der Waals surface area contributed by atoms with Crippen LogP contribution in [0, 0.1) is 0 Å². The van der Waals surface area contributed by atoms with Crippen molar-refractivity contribution in [3.05, 3.63) is 53.6 Å². The molecular weight excluding hydrogens is 368 g/mol. The maximum atomic E-state index is 12.9. The molecule has 4 rings (SSSR count). The first-order valence-electron chi connectivity index (χ1n) is 10.2. The van der Waals surface area contributed by atoms with Crippen LogP contribution < -0.4 is 14.8 Å². The number of anilines is 1. The van der Waals surface area contributed by atoms with Crippen molar-refractivity contribution in [2.45, 2.75) is 32.2 Å². The molecule has 2 aromatic carbocycles. The zero-order valence-electron chi connectivity index (χ0n) is 16.6. The van der Waals surface area contributed by atoms with E-state index in [2.05, 4.69) is 5.32 Å². The second-order valence-corrected chi connectivity index (χ2v) is 7.49. The molecule has 1 atom stereocenters. The number of Topliss-reactive ketones (excluding diaryl/α,β-unsaturated/α-hetero) is 1. The number of ketones is 1. The summed E-state index contributed by atoms with van der Waals surface area (Å²) in [5, 5.41) is 3.16. The van der Waals surface area contributed by atoms with Crippen LogP contribution in [0.15, 0.2) is 42.5 Å². The normalized spacial score (nSPS) is 18.2. The lowest BCUT2D eigenvalue weighted by atomic mass is 10.0. The zero-order valence-corrected chi connectivity index (χ0v) is 16.6. The highest BCUT2D eigenvalue weighted by atomic mass is 16.5. The molecule has 1 saturated heterocycles. The SMILES string of the molecule is CC(=O)c1cccc(NCC(=O)N2CCC[C@H]2c2ccc3c(c2)OCCCO3)c1. The lowest BCUT2D eigenvalue weighted by Crippen LogP contribution is -2.35. The quantitative estimate of drug-likeness (QED) is 0.781. The van der Waals surface area contributed by atoms with Gasteiger partial charge in [0.1, 0.15) is 0 Å². The van der Waals surface area contributed by atoms with Crippen LogP contribution in [0.1, 0.15) is 48.1 Å². The molecule has 0 aliphatic carbocycles. The van der Waals surface area contributed by atoms with Crippen LogP contribution in [0.25, 0.3) is 0 Å². The Bertz CT molecular complexity index is 912. The highest BCUT2D eigenvalue weighted by Gasteiger charge is 2.30. The number of ether oxygens (including phenoxy) is 2. The van der Waals surface area contributed by atoms with Gasteiger partial charge in [-0.2, -0.15) is 0 Å². The van der Waals surface area contributed by atoms with Gasteiger partial charge in [-0.05, 0) is 49.6 Å². The van der Waals surface area contributed by atoms with Crippen molar-refractivity contribution in [2.75, 3.05) is 31.6 Å². The van der Waals surface area contributed by atoms with Gasteiger partial charge in [0.15, 0.2) is 17.3 Å². The van der Waals surface area contributed by atoms with Crippen molar-refractivity contribution < 1.29 is 19.1 Å². The van der Waals surface area contributed by atoms with Crippen LogP contribution >= 0.6 is 0 Å². The standard InChI is InChI=1S/C23H26N2O4/c1-16(26)17-5-2-6-19(13-17)24-15-23(27)25-10-3-7-20(25)18-8-9-21-22(14-18)29-12-4-11-28-21/h2,5-6,8-9,13-14,20,24H,3-4,7,10-12,15H2,1H3/t20-/m0/s1. The predicted octanol–water partition coefficient (Wildman–Crippen LogP) is 3.83. The first-order chi connectivity index (χ1) is 14.1. The number of benzene rings is 2. The Morgan fingerprint density at radius 1 is 1.07 bits per heavy atom. The fraction of sp³-hybridized carbons (Fsp3) is 0.391. The molecule has 0 saturated carbocycles. The fourth-order valence-electron chi connectivity index (χ4n) is 3.93. The summed E-state index contributed by atoms with van der Waals surface area (Å²) in [7, 11) is 0. The van der Waals surface area contributed by atoms with Crippen molar-refractivity contribution in [1.82, 2.24) is 4.90 Å². The summed E-state index contributed by atoms with van der Waals surface area (Å²) >= 11 is 0. The summed E-state index contributed by atoms with van der Waals surface area (Å²) in [6.45, 7) is 3.79. The molecule has 1 N–H and O–H groups in total. The number of hydrogen-bond acceptors (Lipinski definition) is 5. The number of likely N-dealkylation sites (tertiary alicyclic amines) is 1. The van der Waals surface area contributed by atoms with Crippen LogP contribution in [-0.4, -0.2) is 42.9 Å². The molecule has 6 nitrogen and oxygen atoms in total. The third-order valence-electron chi connectivity index (χ3n) is 5.44. The summed E-state index contributed by atoms with van der Waals surface area (Å²) in [6, 6.07) is 13.3. The summed E-state index contributed by atoms with van der Waals surface area (Å²) < 4.78 is 11.5. The van der Waals surface area contributed by atoms with Crippen LogP contribution in [0.2, 0.25) is 0 Å². The van der Waals surface area contributed by atoms with Gasteiger partial charge in [-0.25, -0.2) is 0 Å². The molecule has 2 aromatic rings. The summed E-state index contributed by atoms with van der Waals surface area (Å²) in [5.41, 5.74) is 2.49. The van der Waals surface area contributed by atoms with E-state index >= 15 is 0 Å². The lowest BCUT2D eigenvalue weighted by Gasteiger charge is -2.26. The molecule has 2 aliphatic heterocycles. The van der Waals surface area contributed by atoms with E-state index in [4.69, 9.17) is 9.47 Å². The highest BCUT2D eigenvalue weighted by molar-refractivity contribution is 5.95. The topological polar surface area (TPSA) is 67.9 Å². The van der Waals surface area contributed by atoms with Crippen molar-refractivity contribution in [3.8, 4) is 11.5 Å².